The maximum absolute atomic E-state index is 11.5. The molecule has 0 aliphatic rings. The van der Waals surface area contributed by atoms with E-state index in [-0.39, 0.29) is 5.78 Å². The molecule has 1 rings (SSSR count). The van der Waals surface area contributed by atoms with Crippen LogP contribution in [0, 0.1) is 0 Å². The van der Waals surface area contributed by atoms with Gasteiger partial charge in [-0.2, -0.15) is 0 Å². The molecule has 0 radical (unpaired) electrons. The highest BCUT2D eigenvalue weighted by Crippen LogP contribution is 2.17. The molecule has 15 heavy (non-hydrogen) atoms. The van der Waals surface area contributed by atoms with Gasteiger partial charge in [0.25, 0.3) is 0 Å². The standard InChI is InChI=1S/C13H17BrO/c1-3-10-6-5-7-11(4-2)13(10)8-12(15)9-14/h5-7H,3-4,8-9H2,1-2H3. The Morgan fingerprint density at radius 3 is 2.13 bits per heavy atom. The number of hydrogen-bond acceptors (Lipinski definition) is 1. The van der Waals surface area contributed by atoms with Crippen LogP contribution in [0.4, 0.5) is 0 Å². The summed E-state index contributed by atoms with van der Waals surface area (Å²) in [6.07, 6.45) is 2.57. The zero-order valence-electron chi connectivity index (χ0n) is 9.35. The van der Waals surface area contributed by atoms with Gasteiger partial charge in [0.15, 0.2) is 0 Å². The second-order valence-corrected chi connectivity index (χ2v) is 4.17. The number of Topliss-reactive ketones (excluding diaryl/α,β-unsaturated/α-hetero) is 1. The van der Waals surface area contributed by atoms with Crippen LogP contribution in [0.2, 0.25) is 0 Å². The van der Waals surface area contributed by atoms with Crippen molar-refractivity contribution in [1.82, 2.24) is 0 Å². The van der Waals surface area contributed by atoms with Crippen molar-refractivity contribution >= 4 is 21.7 Å². The van der Waals surface area contributed by atoms with Crippen molar-refractivity contribution in [2.45, 2.75) is 33.1 Å². The van der Waals surface area contributed by atoms with Crippen LogP contribution in [-0.4, -0.2) is 11.1 Å². The lowest BCUT2D eigenvalue weighted by atomic mass is 9.94. The van der Waals surface area contributed by atoms with Crippen molar-refractivity contribution in [2.24, 2.45) is 0 Å². The molecule has 82 valence electrons. The molecule has 1 aromatic rings. The van der Waals surface area contributed by atoms with Crippen LogP contribution in [0.15, 0.2) is 18.2 Å². The number of ketones is 1. The van der Waals surface area contributed by atoms with E-state index in [4.69, 9.17) is 0 Å². The zero-order chi connectivity index (χ0) is 11.3. The Bertz CT molecular complexity index is 322. The van der Waals surface area contributed by atoms with Gasteiger partial charge in [0, 0.05) is 6.42 Å². The maximum atomic E-state index is 11.5. The fourth-order valence-electron chi connectivity index (χ4n) is 1.82. The summed E-state index contributed by atoms with van der Waals surface area (Å²) in [7, 11) is 0. The minimum atomic E-state index is 0.255. The first-order valence-electron chi connectivity index (χ1n) is 5.40. The number of aryl methyl sites for hydroxylation is 2. The van der Waals surface area contributed by atoms with E-state index in [9.17, 15) is 4.79 Å². The molecule has 0 saturated carbocycles. The third-order valence-corrected chi connectivity index (χ3v) is 3.28. The van der Waals surface area contributed by atoms with E-state index in [1.807, 2.05) is 0 Å². The van der Waals surface area contributed by atoms with Crippen molar-refractivity contribution in [2.75, 3.05) is 5.33 Å². The van der Waals surface area contributed by atoms with Gasteiger partial charge >= 0.3 is 0 Å². The van der Waals surface area contributed by atoms with Crippen LogP contribution in [0.3, 0.4) is 0 Å². The monoisotopic (exact) mass is 268 g/mol. The quantitative estimate of drug-likeness (QED) is 0.749. The molecule has 0 spiro atoms. The molecule has 0 heterocycles. The molecule has 1 aromatic carbocycles. The Hall–Kier alpha value is -0.630. The molecule has 0 atom stereocenters. The van der Waals surface area contributed by atoms with Gasteiger partial charge in [0.05, 0.1) is 5.33 Å². The van der Waals surface area contributed by atoms with E-state index in [0.29, 0.717) is 11.8 Å². The highest BCUT2D eigenvalue weighted by molar-refractivity contribution is 9.09. The number of carbonyl (C=O) groups is 1. The first kappa shape index (κ1) is 12.4. The molecule has 1 nitrogen and oxygen atoms in total. The van der Waals surface area contributed by atoms with Crippen LogP contribution in [0.25, 0.3) is 0 Å². The van der Waals surface area contributed by atoms with Gasteiger partial charge in [-0.1, -0.05) is 48.0 Å². The smallest absolute Gasteiger partial charge is 0.147 e. The van der Waals surface area contributed by atoms with Crippen LogP contribution >= 0.6 is 15.9 Å². The second kappa shape index (κ2) is 6.06. The van der Waals surface area contributed by atoms with E-state index >= 15 is 0 Å². The Kier molecular flexibility index (Phi) is 5.03. The Balaban J connectivity index is 3.05. The predicted molar refractivity (Wildman–Crippen MR) is 67.7 cm³/mol. The first-order valence-corrected chi connectivity index (χ1v) is 6.52. The molecule has 2 heteroatoms. The van der Waals surface area contributed by atoms with Gasteiger partial charge in [-0.25, -0.2) is 0 Å². The lowest BCUT2D eigenvalue weighted by molar-refractivity contribution is -0.115. The minimum absolute atomic E-state index is 0.255. The van der Waals surface area contributed by atoms with E-state index in [0.717, 1.165) is 12.8 Å². The highest BCUT2D eigenvalue weighted by atomic mass is 79.9. The average molecular weight is 269 g/mol. The summed E-state index contributed by atoms with van der Waals surface area (Å²) in [4.78, 5) is 11.5. The van der Waals surface area contributed by atoms with Crippen LogP contribution in [0.5, 0.6) is 0 Å². The molecule has 0 amide bonds. The Morgan fingerprint density at radius 2 is 1.73 bits per heavy atom. The van der Waals surface area contributed by atoms with Crippen molar-refractivity contribution in [3.05, 3.63) is 34.9 Å². The van der Waals surface area contributed by atoms with Gasteiger partial charge < -0.3 is 0 Å². The molecule has 0 unspecified atom stereocenters. The number of hydrogen-bond donors (Lipinski definition) is 0. The summed E-state index contributed by atoms with van der Waals surface area (Å²) >= 11 is 3.22. The summed E-state index contributed by atoms with van der Waals surface area (Å²) in [5, 5.41) is 0.453. The van der Waals surface area contributed by atoms with Gasteiger partial charge in [-0.3, -0.25) is 4.79 Å². The number of carbonyl (C=O) groups excluding carboxylic acids is 1. The summed E-state index contributed by atoms with van der Waals surface area (Å²) in [6.45, 7) is 4.27. The maximum Gasteiger partial charge on any atom is 0.147 e. The van der Waals surface area contributed by atoms with Gasteiger partial charge in [-0.05, 0) is 29.5 Å². The third kappa shape index (κ3) is 3.16. The number of halogens is 1. The lowest BCUT2D eigenvalue weighted by Crippen LogP contribution is -2.08. The second-order valence-electron chi connectivity index (χ2n) is 3.61. The van der Waals surface area contributed by atoms with Crippen molar-refractivity contribution in [3.8, 4) is 0 Å². The number of benzene rings is 1. The molecule has 0 aromatic heterocycles. The molecule has 0 N–H and O–H groups in total. The topological polar surface area (TPSA) is 17.1 Å². The van der Waals surface area contributed by atoms with Crippen molar-refractivity contribution in [3.63, 3.8) is 0 Å². The van der Waals surface area contributed by atoms with E-state index in [1.54, 1.807) is 0 Å². The van der Waals surface area contributed by atoms with Gasteiger partial charge in [0.1, 0.15) is 5.78 Å². The van der Waals surface area contributed by atoms with Crippen LogP contribution in [-0.2, 0) is 24.1 Å². The molecule has 0 fully saturated rings. The fraction of sp³-hybridized carbons (Fsp3) is 0.462. The van der Waals surface area contributed by atoms with Crippen LogP contribution < -0.4 is 0 Å². The average Bonchev–Trinajstić information content (AvgIpc) is 2.29. The lowest BCUT2D eigenvalue weighted by Gasteiger charge is -2.11. The number of alkyl halides is 1. The molecular formula is C13H17BrO. The van der Waals surface area contributed by atoms with Crippen molar-refractivity contribution < 1.29 is 4.79 Å². The predicted octanol–water partition coefficient (Wildman–Crippen LogP) is 3.32. The summed E-state index contributed by atoms with van der Waals surface area (Å²) in [6, 6.07) is 6.33. The fourth-order valence-corrected chi connectivity index (χ4v) is 2.02. The summed E-state index contributed by atoms with van der Waals surface area (Å²) < 4.78 is 0. The Morgan fingerprint density at radius 1 is 1.20 bits per heavy atom. The molecule has 0 aliphatic carbocycles. The van der Waals surface area contributed by atoms with Gasteiger partial charge in [-0.15, -0.1) is 0 Å². The summed E-state index contributed by atoms with van der Waals surface area (Å²) in [5.74, 6) is 0.255. The molecule has 0 saturated heterocycles. The van der Waals surface area contributed by atoms with E-state index < -0.39 is 0 Å². The number of rotatable bonds is 5. The molecule has 0 aliphatic heterocycles. The van der Waals surface area contributed by atoms with E-state index in [1.165, 1.54) is 16.7 Å². The molecule has 0 bridgehead atoms. The third-order valence-electron chi connectivity index (χ3n) is 2.65. The summed E-state index contributed by atoms with van der Waals surface area (Å²) in [5.41, 5.74) is 3.86. The minimum Gasteiger partial charge on any atom is -0.298 e. The largest absolute Gasteiger partial charge is 0.298 e. The normalized spacial score (nSPS) is 10.3. The van der Waals surface area contributed by atoms with E-state index in [2.05, 4.69) is 48.0 Å². The Labute approximate surface area is 100 Å². The molecular weight excluding hydrogens is 252 g/mol. The van der Waals surface area contributed by atoms with Crippen LogP contribution in [0.1, 0.15) is 30.5 Å². The highest BCUT2D eigenvalue weighted by Gasteiger charge is 2.09. The first-order chi connectivity index (χ1) is 7.22. The van der Waals surface area contributed by atoms with Gasteiger partial charge in [0.2, 0.25) is 0 Å². The SMILES string of the molecule is CCc1cccc(CC)c1CC(=O)CBr. The van der Waals surface area contributed by atoms with Crippen molar-refractivity contribution in [1.29, 1.82) is 0 Å². The zero-order valence-corrected chi connectivity index (χ0v) is 10.9.